The van der Waals surface area contributed by atoms with Crippen LogP contribution in [0.5, 0.6) is 0 Å². The van der Waals surface area contributed by atoms with Crippen molar-refractivity contribution >= 4 is 11.6 Å². The van der Waals surface area contributed by atoms with Gasteiger partial charge in [0, 0.05) is 11.6 Å². The van der Waals surface area contributed by atoms with Gasteiger partial charge >= 0.3 is 0 Å². The highest BCUT2D eigenvalue weighted by Gasteiger charge is 2.31. The predicted molar refractivity (Wildman–Crippen MR) is 65.2 cm³/mol. The van der Waals surface area contributed by atoms with Crippen molar-refractivity contribution in [1.82, 2.24) is 5.32 Å². The first-order valence-electron chi connectivity index (χ1n) is 5.62. The molecule has 2 rings (SSSR count). The molecule has 0 heterocycles. The average Bonchev–Trinajstić information content (AvgIpc) is 2.88. The maximum atomic E-state index is 6.06. The molecule has 0 saturated heterocycles. The number of rotatable bonds is 4. The molecule has 2 heteroatoms. The van der Waals surface area contributed by atoms with Gasteiger partial charge < -0.3 is 5.32 Å². The van der Waals surface area contributed by atoms with Crippen LogP contribution in [0.3, 0.4) is 0 Å². The molecule has 0 spiro atoms. The summed E-state index contributed by atoms with van der Waals surface area (Å²) >= 11 is 6.06. The van der Waals surface area contributed by atoms with E-state index in [2.05, 4.69) is 30.4 Å². The molecule has 1 aromatic carbocycles. The molecule has 1 aliphatic rings. The van der Waals surface area contributed by atoms with Gasteiger partial charge in [-0.3, -0.25) is 0 Å². The van der Waals surface area contributed by atoms with Crippen LogP contribution in [0.4, 0.5) is 0 Å². The van der Waals surface area contributed by atoms with E-state index in [1.807, 2.05) is 6.92 Å². The zero-order valence-electron chi connectivity index (χ0n) is 9.39. The van der Waals surface area contributed by atoms with Crippen molar-refractivity contribution in [2.24, 2.45) is 11.8 Å². The van der Waals surface area contributed by atoms with E-state index in [0.29, 0.717) is 0 Å². The Morgan fingerprint density at radius 2 is 2.20 bits per heavy atom. The SMILES string of the molecule is Cc1ccc(CNCC2CC2C)cc1Cl. The molecule has 0 aliphatic heterocycles. The topological polar surface area (TPSA) is 12.0 Å². The molecule has 1 aromatic rings. The van der Waals surface area contributed by atoms with E-state index in [4.69, 9.17) is 11.6 Å². The van der Waals surface area contributed by atoms with Crippen LogP contribution in [0, 0.1) is 18.8 Å². The fraction of sp³-hybridized carbons (Fsp3) is 0.538. The lowest BCUT2D eigenvalue weighted by molar-refractivity contribution is 0.612. The standard InChI is InChI=1S/C13H18ClN/c1-9-3-4-11(6-13(9)14)7-15-8-12-5-10(12)2/h3-4,6,10,12,15H,5,7-8H2,1-2H3. The van der Waals surface area contributed by atoms with Crippen molar-refractivity contribution in [2.45, 2.75) is 26.8 Å². The predicted octanol–water partition coefficient (Wildman–Crippen LogP) is 3.39. The fourth-order valence-corrected chi connectivity index (χ4v) is 2.03. The Morgan fingerprint density at radius 3 is 2.80 bits per heavy atom. The van der Waals surface area contributed by atoms with E-state index in [-0.39, 0.29) is 0 Å². The van der Waals surface area contributed by atoms with E-state index in [0.717, 1.165) is 35.5 Å². The molecule has 0 bridgehead atoms. The summed E-state index contributed by atoms with van der Waals surface area (Å²) in [5.74, 6) is 1.84. The minimum Gasteiger partial charge on any atom is -0.312 e. The van der Waals surface area contributed by atoms with Gasteiger partial charge in [-0.15, -0.1) is 0 Å². The Hall–Kier alpha value is -0.530. The van der Waals surface area contributed by atoms with Crippen molar-refractivity contribution in [3.8, 4) is 0 Å². The molecule has 2 unspecified atom stereocenters. The van der Waals surface area contributed by atoms with Crippen molar-refractivity contribution in [3.05, 3.63) is 34.3 Å². The summed E-state index contributed by atoms with van der Waals surface area (Å²) in [7, 11) is 0. The third-order valence-electron chi connectivity index (χ3n) is 3.25. The number of hydrogen-bond donors (Lipinski definition) is 1. The monoisotopic (exact) mass is 223 g/mol. The lowest BCUT2D eigenvalue weighted by Gasteiger charge is -2.05. The van der Waals surface area contributed by atoms with Crippen LogP contribution < -0.4 is 5.32 Å². The van der Waals surface area contributed by atoms with Crippen molar-refractivity contribution < 1.29 is 0 Å². The Labute approximate surface area is 96.8 Å². The molecule has 1 fully saturated rings. The summed E-state index contributed by atoms with van der Waals surface area (Å²) in [6.07, 6.45) is 1.39. The van der Waals surface area contributed by atoms with Crippen LogP contribution >= 0.6 is 11.6 Å². The summed E-state index contributed by atoms with van der Waals surface area (Å²) in [6, 6.07) is 6.28. The molecule has 1 nitrogen and oxygen atoms in total. The molecule has 1 N–H and O–H groups in total. The van der Waals surface area contributed by atoms with Gasteiger partial charge in [-0.25, -0.2) is 0 Å². The largest absolute Gasteiger partial charge is 0.312 e. The first-order valence-corrected chi connectivity index (χ1v) is 6.00. The third kappa shape index (κ3) is 2.96. The molecule has 1 saturated carbocycles. The van der Waals surface area contributed by atoms with Crippen LogP contribution in [0.2, 0.25) is 5.02 Å². The maximum absolute atomic E-state index is 6.06. The molecule has 15 heavy (non-hydrogen) atoms. The highest BCUT2D eigenvalue weighted by Crippen LogP contribution is 2.36. The van der Waals surface area contributed by atoms with Gasteiger partial charge in [-0.1, -0.05) is 30.7 Å². The first-order chi connectivity index (χ1) is 7.16. The van der Waals surface area contributed by atoms with Gasteiger partial charge in [-0.05, 0) is 48.9 Å². The minimum atomic E-state index is 0.870. The number of benzene rings is 1. The Kier molecular flexibility index (Phi) is 3.32. The van der Waals surface area contributed by atoms with E-state index >= 15 is 0 Å². The van der Waals surface area contributed by atoms with Crippen LogP contribution in [0.15, 0.2) is 18.2 Å². The lowest BCUT2D eigenvalue weighted by atomic mass is 10.1. The molecule has 82 valence electrons. The van der Waals surface area contributed by atoms with Crippen LogP contribution in [0.25, 0.3) is 0 Å². The van der Waals surface area contributed by atoms with Gasteiger partial charge in [0.25, 0.3) is 0 Å². The van der Waals surface area contributed by atoms with E-state index in [9.17, 15) is 0 Å². The van der Waals surface area contributed by atoms with Gasteiger partial charge in [-0.2, -0.15) is 0 Å². The number of hydrogen-bond acceptors (Lipinski definition) is 1. The number of halogens is 1. The summed E-state index contributed by atoms with van der Waals surface area (Å²) in [4.78, 5) is 0. The molecular formula is C13H18ClN. The maximum Gasteiger partial charge on any atom is 0.0438 e. The molecule has 0 radical (unpaired) electrons. The minimum absolute atomic E-state index is 0.870. The summed E-state index contributed by atoms with van der Waals surface area (Å²) in [6.45, 7) is 6.43. The summed E-state index contributed by atoms with van der Waals surface area (Å²) < 4.78 is 0. The number of nitrogens with one attached hydrogen (secondary N) is 1. The first kappa shape index (κ1) is 11.0. The van der Waals surface area contributed by atoms with Crippen LogP contribution in [-0.2, 0) is 6.54 Å². The quantitative estimate of drug-likeness (QED) is 0.825. The average molecular weight is 224 g/mol. The zero-order chi connectivity index (χ0) is 10.8. The Balaban J connectivity index is 1.80. The smallest absolute Gasteiger partial charge is 0.0438 e. The van der Waals surface area contributed by atoms with Gasteiger partial charge in [0.2, 0.25) is 0 Å². The van der Waals surface area contributed by atoms with E-state index < -0.39 is 0 Å². The van der Waals surface area contributed by atoms with Crippen LogP contribution in [-0.4, -0.2) is 6.54 Å². The van der Waals surface area contributed by atoms with Crippen molar-refractivity contribution in [1.29, 1.82) is 0 Å². The van der Waals surface area contributed by atoms with Gasteiger partial charge in [0.1, 0.15) is 0 Å². The van der Waals surface area contributed by atoms with E-state index in [1.165, 1.54) is 12.0 Å². The van der Waals surface area contributed by atoms with Crippen molar-refractivity contribution in [3.63, 3.8) is 0 Å². The van der Waals surface area contributed by atoms with Crippen molar-refractivity contribution in [2.75, 3.05) is 6.54 Å². The second kappa shape index (κ2) is 4.54. The second-order valence-electron chi connectivity index (χ2n) is 4.69. The number of aryl methyl sites for hydroxylation is 1. The lowest BCUT2D eigenvalue weighted by Crippen LogP contribution is -2.16. The Morgan fingerprint density at radius 1 is 1.47 bits per heavy atom. The normalized spacial score (nSPS) is 24.2. The highest BCUT2D eigenvalue weighted by atomic mass is 35.5. The van der Waals surface area contributed by atoms with Gasteiger partial charge in [0.15, 0.2) is 0 Å². The fourth-order valence-electron chi connectivity index (χ4n) is 1.83. The summed E-state index contributed by atoms with van der Waals surface area (Å²) in [5.41, 5.74) is 2.43. The zero-order valence-corrected chi connectivity index (χ0v) is 10.1. The highest BCUT2D eigenvalue weighted by molar-refractivity contribution is 6.31. The molecule has 0 amide bonds. The second-order valence-corrected chi connectivity index (χ2v) is 5.09. The molecule has 2 atom stereocenters. The molecule has 1 aliphatic carbocycles. The summed E-state index contributed by atoms with van der Waals surface area (Å²) in [5, 5.41) is 4.35. The third-order valence-corrected chi connectivity index (χ3v) is 3.66. The van der Waals surface area contributed by atoms with E-state index in [1.54, 1.807) is 0 Å². The molecular weight excluding hydrogens is 206 g/mol. The molecule has 0 aromatic heterocycles. The van der Waals surface area contributed by atoms with Crippen LogP contribution in [0.1, 0.15) is 24.5 Å². The Bertz CT molecular complexity index is 348. The van der Waals surface area contributed by atoms with Gasteiger partial charge in [0.05, 0.1) is 0 Å².